The molecule has 15 heteroatoms. The van der Waals surface area contributed by atoms with Crippen molar-refractivity contribution in [2.75, 3.05) is 13.1 Å². The Labute approximate surface area is 296 Å². The second-order valence-corrected chi connectivity index (χ2v) is 14.7. The molecule has 51 heavy (non-hydrogen) atoms. The van der Waals surface area contributed by atoms with Gasteiger partial charge in [0.15, 0.2) is 0 Å². The van der Waals surface area contributed by atoms with Gasteiger partial charge in [-0.25, -0.2) is 4.79 Å². The van der Waals surface area contributed by atoms with Crippen molar-refractivity contribution in [2.45, 2.75) is 81.6 Å². The number of hydrogen-bond donors (Lipinski definition) is 8. The Bertz CT molecular complexity index is 1750. The molecule has 3 aromatic rings. The molecule has 0 bridgehead atoms. The lowest BCUT2D eigenvalue weighted by Crippen LogP contribution is -2.65. The van der Waals surface area contributed by atoms with Gasteiger partial charge in [-0.05, 0) is 59.7 Å². The van der Waals surface area contributed by atoms with Crippen LogP contribution in [0.2, 0.25) is 0 Å². The highest BCUT2D eigenvalue weighted by molar-refractivity contribution is 7.50. The monoisotopic (exact) mass is 723 g/mol. The summed E-state index contributed by atoms with van der Waals surface area (Å²) in [5, 5.41) is 22.8. The molecule has 1 fully saturated rings. The molecular weight excluding hydrogens is 677 g/mol. The van der Waals surface area contributed by atoms with Gasteiger partial charge in [0.1, 0.15) is 11.6 Å². The average Bonchev–Trinajstić information content (AvgIpc) is 3.08. The number of hydrogen-bond acceptors (Lipinski definition) is 7. The van der Waals surface area contributed by atoms with E-state index in [-0.39, 0.29) is 32.2 Å². The predicted octanol–water partition coefficient (Wildman–Crippen LogP) is 2.03. The third-order valence-corrected chi connectivity index (χ3v) is 9.80. The van der Waals surface area contributed by atoms with Gasteiger partial charge >= 0.3 is 19.5 Å². The highest BCUT2D eigenvalue weighted by atomic mass is 31.2. The van der Waals surface area contributed by atoms with Gasteiger partial charge in [-0.3, -0.25) is 23.7 Å². The maximum Gasteiger partial charge on any atom is 0.394 e. The van der Waals surface area contributed by atoms with Gasteiger partial charge in [0.25, 0.3) is 0 Å². The van der Waals surface area contributed by atoms with E-state index in [1.165, 1.54) is 40.6 Å². The third-order valence-electron chi connectivity index (χ3n) is 9.02. The Balaban J connectivity index is 1.42. The summed E-state index contributed by atoms with van der Waals surface area (Å²) >= 11 is 0. The van der Waals surface area contributed by atoms with Crippen LogP contribution in [0.5, 0.6) is 0 Å². The van der Waals surface area contributed by atoms with E-state index in [1.54, 1.807) is 0 Å². The molecule has 0 aliphatic heterocycles. The van der Waals surface area contributed by atoms with E-state index in [1.807, 2.05) is 18.2 Å². The molecule has 274 valence electrons. The predicted molar refractivity (Wildman–Crippen MR) is 190 cm³/mol. The number of amides is 4. The molecule has 14 nitrogen and oxygen atoms in total. The normalized spacial score (nSPS) is 15.3. The fourth-order valence-corrected chi connectivity index (χ4v) is 7.19. The largest absolute Gasteiger partial charge is 0.474 e. The molecule has 0 saturated heterocycles. The van der Waals surface area contributed by atoms with Crippen LogP contribution in [0.1, 0.15) is 61.6 Å². The number of carbonyl (C=O) groups excluding carboxylic acids is 4. The summed E-state index contributed by atoms with van der Waals surface area (Å²) in [6.45, 7) is 0.866. The minimum absolute atomic E-state index is 0.138. The fraction of sp³-hybridized carbons (Fsp3) is 0.417. The van der Waals surface area contributed by atoms with Gasteiger partial charge in [-0.15, -0.1) is 0 Å². The van der Waals surface area contributed by atoms with E-state index < -0.39 is 61.0 Å². The van der Waals surface area contributed by atoms with Crippen LogP contribution in [-0.2, 0) is 47.5 Å². The third kappa shape index (κ3) is 12.0. The molecule has 9 N–H and O–H groups in total. The zero-order valence-electron chi connectivity index (χ0n) is 28.3. The van der Waals surface area contributed by atoms with Crippen molar-refractivity contribution in [1.29, 1.82) is 0 Å². The molecule has 0 heterocycles. The number of nitrogens with one attached hydrogen (secondary N) is 4. The van der Waals surface area contributed by atoms with Crippen molar-refractivity contribution >= 4 is 48.0 Å². The van der Waals surface area contributed by atoms with Gasteiger partial charge in [0, 0.05) is 19.4 Å². The van der Waals surface area contributed by atoms with E-state index in [0.29, 0.717) is 30.5 Å². The zero-order chi connectivity index (χ0) is 37.0. The minimum Gasteiger partial charge on any atom is -0.474 e. The van der Waals surface area contributed by atoms with Crippen molar-refractivity contribution in [1.82, 2.24) is 21.3 Å². The lowest BCUT2D eigenvalue weighted by Gasteiger charge is -2.38. The number of nitrogens with two attached hydrogens (primary N) is 1. The number of carboxylic acids is 1. The van der Waals surface area contributed by atoms with E-state index in [9.17, 15) is 43.4 Å². The summed E-state index contributed by atoms with van der Waals surface area (Å²) in [6, 6.07) is 18.3. The number of carbonyl (C=O) groups is 5. The van der Waals surface area contributed by atoms with E-state index in [0.717, 1.165) is 19.3 Å². The molecule has 0 spiro atoms. The smallest absolute Gasteiger partial charge is 0.394 e. The average molecular weight is 724 g/mol. The van der Waals surface area contributed by atoms with Gasteiger partial charge in [0.05, 0.1) is 12.2 Å². The molecule has 4 rings (SSSR count). The van der Waals surface area contributed by atoms with Crippen molar-refractivity contribution in [3.8, 4) is 0 Å². The van der Waals surface area contributed by atoms with Crippen molar-refractivity contribution in [3.63, 3.8) is 0 Å². The summed E-state index contributed by atoms with van der Waals surface area (Å²) in [5.41, 5.74) is 6.19. The Morgan fingerprint density at radius 2 is 1.53 bits per heavy atom. The van der Waals surface area contributed by atoms with Gasteiger partial charge in [-0.1, -0.05) is 86.0 Å². The molecule has 4 amide bonds. The highest BCUT2D eigenvalue weighted by Crippen LogP contribution is 2.39. The van der Waals surface area contributed by atoms with Gasteiger partial charge in [-0.2, -0.15) is 0 Å². The maximum atomic E-state index is 14.0. The SMILES string of the molecule is NC(=O)C[C@@H](CNCCCc1cccc2ccccc12)NC(=O)C1(NC(=O)[C@H](Cc2ccc(CP(=O)(O)O)cc2)NC(=O)C(=O)O)CCCCC1. The second-order valence-electron chi connectivity index (χ2n) is 13.1. The minimum atomic E-state index is -4.32. The summed E-state index contributed by atoms with van der Waals surface area (Å²) in [6.07, 6.45) is 3.48. The number of primary amides is 1. The Morgan fingerprint density at radius 1 is 0.863 bits per heavy atom. The molecule has 0 aromatic heterocycles. The van der Waals surface area contributed by atoms with E-state index in [2.05, 4.69) is 45.5 Å². The van der Waals surface area contributed by atoms with Crippen LogP contribution in [0.25, 0.3) is 10.8 Å². The Hall–Kier alpha value is -4.62. The van der Waals surface area contributed by atoms with Crippen LogP contribution in [0.3, 0.4) is 0 Å². The van der Waals surface area contributed by atoms with Crippen LogP contribution in [0, 0.1) is 0 Å². The number of aryl methyl sites for hydroxylation is 1. The first-order chi connectivity index (χ1) is 24.2. The molecule has 0 unspecified atom stereocenters. The number of rotatable bonds is 17. The second kappa shape index (κ2) is 18.0. The first-order valence-corrected chi connectivity index (χ1v) is 18.8. The zero-order valence-corrected chi connectivity index (χ0v) is 29.2. The van der Waals surface area contributed by atoms with Gasteiger partial charge in [0.2, 0.25) is 17.7 Å². The Kier molecular flexibility index (Phi) is 13.9. The number of benzene rings is 3. The lowest BCUT2D eigenvalue weighted by atomic mass is 9.80. The summed E-state index contributed by atoms with van der Waals surface area (Å²) in [7, 11) is -4.32. The molecule has 1 aliphatic carbocycles. The molecule has 0 radical (unpaired) electrons. The van der Waals surface area contributed by atoms with E-state index in [4.69, 9.17) is 5.73 Å². The summed E-state index contributed by atoms with van der Waals surface area (Å²) in [4.78, 5) is 81.8. The standard InChI is InChI=1S/C36H46N5O9P/c37-31(42)21-28(22-38-19-7-11-27-10-6-9-26-8-2-3-12-29(26)27)39-35(47)36(17-4-1-5-18-36)41-32(43)30(40-33(44)34(45)46)20-24-13-15-25(16-14-24)23-51(48,49)50/h2-3,6,8-10,12-16,28,30,38H,1,4-5,7,11,17-23H2,(H2,37,42)(H,39,47)(H,40,44)(H,41,43)(H,45,46)(H2,48,49,50)/t28-,30-/m0/s1. The molecule has 1 saturated carbocycles. The number of aliphatic carboxylic acids is 1. The van der Waals surface area contributed by atoms with Crippen molar-refractivity contribution in [2.24, 2.45) is 5.73 Å². The molecule has 2 atom stereocenters. The van der Waals surface area contributed by atoms with Crippen LogP contribution in [0.15, 0.2) is 66.7 Å². The lowest BCUT2D eigenvalue weighted by molar-refractivity contribution is -0.151. The quantitative estimate of drug-likeness (QED) is 0.0573. The molecular formula is C36H46N5O9P. The summed E-state index contributed by atoms with van der Waals surface area (Å²) in [5.74, 6) is -5.11. The summed E-state index contributed by atoms with van der Waals surface area (Å²) < 4.78 is 11.4. The van der Waals surface area contributed by atoms with Crippen molar-refractivity contribution < 1.29 is 43.4 Å². The molecule has 1 aliphatic rings. The first-order valence-electron chi connectivity index (χ1n) is 17.0. The molecule has 3 aromatic carbocycles. The van der Waals surface area contributed by atoms with Crippen LogP contribution in [-0.4, -0.2) is 75.2 Å². The number of carboxylic acid groups (broad SMARTS) is 1. The van der Waals surface area contributed by atoms with Gasteiger partial charge < -0.3 is 41.9 Å². The number of fused-ring (bicyclic) bond motifs is 1. The van der Waals surface area contributed by atoms with Crippen LogP contribution >= 0.6 is 7.60 Å². The maximum absolute atomic E-state index is 14.0. The Morgan fingerprint density at radius 3 is 2.20 bits per heavy atom. The fourth-order valence-electron chi connectivity index (χ4n) is 6.50. The highest BCUT2D eigenvalue weighted by Gasteiger charge is 2.43. The van der Waals surface area contributed by atoms with Crippen LogP contribution < -0.4 is 27.0 Å². The van der Waals surface area contributed by atoms with E-state index >= 15 is 0 Å². The first kappa shape index (κ1) is 39.2. The topological polar surface area (TPSA) is 237 Å². The van der Waals surface area contributed by atoms with Crippen molar-refractivity contribution in [3.05, 3.63) is 83.4 Å². The van der Waals surface area contributed by atoms with Crippen LogP contribution in [0.4, 0.5) is 0 Å².